The van der Waals surface area contributed by atoms with Crippen molar-refractivity contribution in [1.29, 1.82) is 0 Å². The first-order valence-corrected chi connectivity index (χ1v) is 12.2. The van der Waals surface area contributed by atoms with Crippen LogP contribution >= 0.6 is 12.4 Å². The van der Waals surface area contributed by atoms with Crippen LogP contribution in [-0.2, 0) is 27.7 Å². The SMILES string of the molecule is CS(=O)(=O)Nc1cc([C@@H](O)CNC2CCCc3ccc(OCC(=O)O)cc3C2)ccc1O.Cl. The van der Waals surface area contributed by atoms with Crippen LogP contribution in [0, 0.1) is 0 Å². The minimum absolute atomic E-state index is 0. The maximum Gasteiger partial charge on any atom is 0.341 e. The lowest BCUT2D eigenvalue weighted by atomic mass is 10.0. The van der Waals surface area contributed by atoms with Crippen molar-refractivity contribution < 1.29 is 33.3 Å². The molecule has 9 nitrogen and oxygen atoms in total. The third-order valence-electron chi connectivity index (χ3n) is 5.31. The Morgan fingerprint density at radius 2 is 1.97 bits per heavy atom. The lowest BCUT2D eigenvalue weighted by molar-refractivity contribution is -0.139. The van der Waals surface area contributed by atoms with Crippen molar-refractivity contribution in [2.24, 2.45) is 0 Å². The van der Waals surface area contributed by atoms with Gasteiger partial charge in [0.1, 0.15) is 11.5 Å². The molecule has 0 saturated heterocycles. The van der Waals surface area contributed by atoms with E-state index < -0.39 is 28.7 Å². The third kappa shape index (κ3) is 8.08. The molecule has 5 N–H and O–H groups in total. The van der Waals surface area contributed by atoms with E-state index in [1.54, 1.807) is 12.1 Å². The summed E-state index contributed by atoms with van der Waals surface area (Å²) in [6, 6.07) is 10.0. The number of nitrogens with one attached hydrogen (secondary N) is 2. The molecule has 33 heavy (non-hydrogen) atoms. The van der Waals surface area contributed by atoms with Crippen LogP contribution in [0.2, 0.25) is 0 Å². The molecule has 0 amide bonds. The molecule has 2 aromatic carbocycles. The molecule has 0 fully saturated rings. The van der Waals surface area contributed by atoms with E-state index in [2.05, 4.69) is 10.0 Å². The van der Waals surface area contributed by atoms with E-state index in [0.717, 1.165) is 31.1 Å². The molecule has 0 bridgehead atoms. The Hall–Kier alpha value is -2.53. The first kappa shape index (κ1) is 26.7. The monoisotopic (exact) mass is 500 g/mol. The number of aliphatic carboxylic acids is 1. The Labute approximate surface area is 199 Å². The van der Waals surface area contributed by atoms with Crippen LogP contribution in [0.4, 0.5) is 5.69 Å². The number of aliphatic hydroxyl groups is 1. The Kier molecular flexibility index (Phi) is 9.35. The van der Waals surface area contributed by atoms with Gasteiger partial charge in [-0.1, -0.05) is 12.1 Å². The Morgan fingerprint density at radius 1 is 1.21 bits per heavy atom. The van der Waals surface area contributed by atoms with Gasteiger partial charge < -0.3 is 25.4 Å². The number of aliphatic hydroxyl groups excluding tert-OH is 1. The third-order valence-corrected chi connectivity index (χ3v) is 5.90. The molecule has 2 aromatic rings. The van der Waals surface area contributed by atoms with Gasteiger partial charge in [-0.2, -0.15) is 0 Å². The minimum atomic E-state index is -3.57. The number of rotatable bonds is 9. The first-order chi connectivity index (χ1) is 15.1. The van der Waals surface area contributed by atoms with Gasteiger partial charge >= 0.3 is 5.97 Å². The van der Waals surface area contributed by atoms with Gasteiger partial charge in [-0.3, -0.25) is 4.72 Å². The van der Waals surface area contributed by atoms with Crippen molar-refractivity contribution >= 4 is 34.1 Å². The zero-order chi connectivity index (χ0) is 23.3. The summed E-state index contributed by atoms with van der Waals surface area (Å²) in [5.74, 6) is -0.736. The number of carbonyl (C=O) groups is 1. The number of aryl methyl sites for hydroxylation is 1. The largest absolute Gasteiger partial charge is 0.506 e. The molecule has 1 unspecified atom stereocenters. The molecular formula is C22H29ClN2O7S. The van der Waals surface area contributed by atoms with E-state index in [4.69, 9.17) is 9.84 Å². The number of anilines is 1. The standard InChI is InChI=1S/C22H28N2O7S.ClH/c1-32(29,30)24-19-11-15(6-8-20(19)25)21(26)12-23-17-4-2-3-14-5-7-18(10-16(14)9-17)31-13-22(27)28;/h5-8,10-11,17,21,23-26H,2-4,9,12-13H2,1H3,(H,27,28);1H/t17?,21-;/m0./s1. The van der Waals surface area contributed by atoms with Crippen LogP contribution in [0.1, 0.15) is 35.6 Å². The van der Waals surface area contributed by atoms with Gasteiger partial charge in [0.2, 0.25) is 10.0 Å². The Morgan fingerprint density at radius 3 is 2.67 bits per heavy atom. The second-order valence-electron chi connectivity index (χ2n) is 7.98. The summed E-state index contributed by atoms with van der Waals surface area (Å²) in [6.07, 6.45) is 3.58. The number of hydrogen-bond donors (Lipinski definition) is 5. The second kappa shape index (κ2) is 11.6. The molecule has 0 heterocycles. The number of sulfonamides is 1. The van der Waals surface area contributed by atoms with Crippen molar-refractivity contribution in [3.8, 4) is 11.5 Å². The summed E-state index contributed by atoms with van der Waals surface area (Å²) in [5, 5.41) is 32.6. The van der Waals surface area contributed by atoms with Gasteiger partial charge in [0, 0.05) is 12.6 Å². The molecule has 2 atom stereocenters. The van der Waals surface area contributed by atoms with Crippen molar-refractivity contribution in [3.05, 3.63) is 53.1 Å². The fourth-order valence-corrected chi connectivity index (χ4v) is 4.35. The quantitative estimate of drug-likeness (QED) is 0.260. The van der Waals surface area contributed by atoms with E-state index in [0.29, 0.717) is 17.7 Å². The molecule has 11 heteroatoms. The summed E-state index contributed by atoms with van der Waals surface area (Å²) in [7, 11) is -3.57. The number of benzene rings is 2. The van der Waals surface area contributed by atoms with Crippen LogP contribution < -0.4 is 14.8 Å². The van der Waals surface area contributed by atoms with Crippen molar-refractivity contribution in [2.75, 3.05) is 24.1 Å². The molecule has 1 aliphatic carbocycles. The summed E-state index contributed by atoms with van der Waals surface area (Å²) >= 11 is 0. The molecule has 0 radical (unpaired) electrons. The summed E-state index contributed by atoms with van der Waals surface area (Å²) in [4.78, 5) is 10.7. The summed E-state index contributed by atoms with van der Waals surface area (Å²) < 4.78 is 30.5. The topological polar surface area (TPSA) is 145 Å². The van der Waals surface area contributed by atoms with Gasteiger partial charge in [0.05, 0.1) is 18.0 Å². The molecule has 0 aromatic heterocycles. The zero-order valence-electron chi connectivity index (χ0n) is 18.2. The Balaban J connectivity index is 0.00000385. The fourth-order valence-electron chi connectivity index (χ4n) is 3.79. The van der Waals surface area contributed by atoms with Crippen LogP contribution in [-0.4, -0.2) is 55.2 Å². The highest BCUT2D eigenvalue weighted by atomic mass is 35.5. The lowest BCUT2D eigenvalue weighted by Gasteiger charge is -2.20. The average molecular weight is 501 g/mol. The molecule has 0 saturated carbocycles. The summed E-state index contributed by atoms with van der Waals surface area (Å²) in [5.41, 5.74) is 2.77. The zero-order valence-corrected chi connectivity index (χ0v) is 19.8. The highest BCUT2D eigenvalue weighted by Gasteiger charge is 2.19. The smallest absolute Gasteiger partial charge is 0.341 e. The number of fused-ring (bicyclic) bond motifs is 1. The molecule has 0 spiro atoms. The fraction of sp³-hybridized carbons (Fsp3) is 0.409. The predicted octanol–water partition coefficient (Wildman–Crippen LogP) is 2.22. The molecule has 0 aliphatic heterocycles. The second-order valence-corrected chi connectivity index (χ2v) is 9.73. The molecule has 3 rings (SSSR count). The minimum Gasteiger partial charge on any atom is -0.506 e. The highest BCUT2D eigenvalue weighted by molar-refractivity contribution is 7.92. The van der Waals surface area contributed by atoms with E-state index >= 15 is 0 Å². The summed E-state index contributed by atoms with van der Waals surface area (Å²) in [6.45, 7) is -0.145. The maximum atomic E-state index is 11.5. The van der Waals surface area contributed by atoms with Gasteiger partial charge in [-0.15, -0.1) is 12.4 Å². The molecular weight excluding hydrogens is 472 g/mol. The number of carboxylic acid groups (broad SMARTS) is 1. The maximum absolute atomic E-state index is 11.5. The first-order valence-electron chi connectivity index (χ1n) is 10.3. The van der Waals surface area contributed by atoms with E-state index in [1.165, 1.54) is 17.7 Å². The number of phenolic OH excluding ortho intramolecular Hbond substituents is 1. The number of halogens is 1. The van der Waals surface area contributed by atoms with Crippen LogP contribution in [0.5, 0.6) is 11.5 Å². The van der Waals surface area contributed by atoms with E-state index in [1.807, 2.05) is 12.1 Å². The van der Waals surface area contributed by atoms with Crippen molar-refractivity contribution in [1.82, 2.24) is 5.32 Å². The average Bonchev–Trinajstić information content (AvgIpc) is 2.92. The number of carboxylic acids is 1. The highest BCUT2D eigenvalue weighted by Crippen LogP contribution is 2.29. The normalized spacial score (nSPS) is 16.6. The number of phenols is 1. The van der Waals surface area contributed by atoms with E-state index in [-0.39, 0.29) is 36.4 Å². The lowest BCUT2D eigenvalue weighted by Crippen LogP contribution is -2.34. The number of hydrogen-bond acceptors (Lipinski definition) is 7. The number of ether oxygens (including phenoxy) is 1. The van der Waals surface area contributed by atoms with Crippen molar-refractivity contribution in [2.45, 2.75) is 37.8 Å². The van der Waals surface area contributed by atoms with Gasteiger partial charge in [-0.25, -0.2) is 13.2 Å². The Bertz CT molecular complexity index is 1080. The van der Waals surface area contributed by atoms with Crippen LogP contribution in [0.15, 0.2) is 36.4 Å². The van der Waals surface area contributed by atoms with Gasteiger partial charge in [-0.05, 0) is 66.6 Å². The van der Waals surface area contributed by atoms with Gasteiger partial charge in [0.15, 0.2) is 6.61 Å². The molecule has 182 valence electrons. The van der Waals surface area contributed by atoms with Crippen LogP contribution in [0.25, 0.3) is 0 Å². The predicted molar refractivity (Wildman–Crippen MR) is 127 cm³/mol. The van der Waals surface area contributed by atoms with Crippen molar-refractivity contribution in [3.63, 3.8) is 0 Å². The number of aromatic hydroxyl groups is 1. The van der Waals surface area contributed by atoms with E-state index in [9.17, 15) is 23.4 Å². The van der Waals surface area contributed by atoms with Gasteiger partial charge in [0.25, 0.3) is 0 Å². The molecule has 1 aliphatic rings. The van der Waals surface area contributed by atoms with Crippen LogP contribution in [0.3, 0.4) is 0 Å².